The lowest BCUT2D eigenvalue weighted by Crippen LogP contribution is -2.22. The summed E-state index contributed by atoms with van der Waals surface area (Å²) >= 11 is 0. The molecule has 2 aromatic carbocycles. The highest BCUT2D eigenvalue weighted by Crippen LogP contribution is 2.24. The maximum Gasteiger partial charge on any atom is 0.162 e. The van der Waals surface area contributed by atoms with E-state index in [9.17, 15) is 4.79 Å². The van der Waals surface area contributed by atoms with Gasteiger partial charge < -0.3 is 0 Å². The number of carbonyl (C=O) groups excluding carboxylic acids is 1. The largest absolute Gasteiger partial charge is 0.294 e. The molecule has 0 spiro atoms. The number of nitrogens with zero attached hydrogens (tertiary/aromatic N) is 1. The Bertz CT molecular complexity index is 953. The first-order valence-corrected chi connectivity index (χ1v) is 9.56. The predicted octanol–water partition coefficient (Wildman–Crippen LogP) is 3.99. The normalized spacial score (nSPS) is 14.3. The van der Waals surface area contributed by atoms with E-state index in [1.54, 1.807) is 0 Å². The van der Waals surface area contributed by atoms with E-state index in [2.05, 4.69) is 42.8 Å². The number of rotatable bonds is 3. The van der Waals surface area contributed by atoms with Crippen molar-refractivity contribution in [1.29, 1.82) is 0 Å². The van der Waals surface area contributed by atoms with E-state index in [4.69, 9.17) is 0 Å². The molecule has 0 amide bonds. The summed E-state index contributed by atoms with van der Waals surface area (Å²) in [7, 11) is 0. The van der Waals surface area contributed by atoms with E-state index < -0.39 is 0 Å². The van der Waals surface area contributed by atoms with Crippen LogP contribution in [-0.2, 0) is 19.3 Å². The number of hydrogen-bond acceptors (Lipinski definition) is 2. The third kappa shape index (κ3) is 4.19. The molecule has 2 aliphatic rings. The van der Waals surface area contributed by atoms with Gasteiger partial charge in [0.05, 0.1) is 11.9 Å². The van der Waals surface area contributed by atoms with Gasteiger partial charge in [0.25, 0.3) is 0 Å². The Hall–Kier alpha value is -2.48. The van der Waals surface area contributed by atoms with Crippen LogP contribution >= 0.6 is 0 Å². The molecule has 2 nitrogen and oxygen atoms in total. The Kier molecular flexibility index (Phi) is 5.82. The standard InChI is InChI=1S/C13H16.C11H11NO/c1-3-11-5-7-12-6-4-10(2)8-13(12)9-11;1-2-11(13)9-4-3-8-5-6-12-10(8)7-9/h5,7,9H,2-4,6,8H2,1H3;3-5,7H,2,6H2,1H3. The number of allylic oxidation sites excluding steroid dienone is 1. The second-order valence-electron chi connectivity index (χ2n) is 6.98. The summed E-state index contributed by atoms with van der Waals surface area (Å²) in [6, 6.07) is 12.6. The van der Waals surface area contributed by atoms with Crippen LogP contribution < -0.4 is 10.6 Å². The van der Waals surface area contributed by atoms with Crippen LogP contribution in [0.4, 0.5) is 0 Å². The van der Waals surface area contributed by atoms with Gasteiger partial charge in [-0.15, -0.1) is 0 Å². The summed E-state index contributed by atoms with van der Waals surface area (Å²) in [6.07, 6.45) is 7.23. The maximum absolute atomic E-state index is 11.4. The monoisotopic (exact) mass is 345 g/mol. The van der Waals surface area contributed by atoms with E-state index in [0.717, 1.165) is 35.5 Å². The maximum atomic E-state index is 11.4. The van der Waals surface area contributed by atoms with Crippen molar-refractivity contribution in [1.82, 2.24) is 0 Å². The molecule has 0 bridgehead atoms. The van der Waals surface area contributed by atoms with E-state index in [1.807, 2.05) is 25.1 Å². The quantitative estimate of drug-likeness (QED) is 0.611. The van der Waals surface area contributed by atoms with Crippen LogP contribution in [-0.4, -0.2) is 12.3 Å². The lowest BCUT2D eigenvalue weighted by atomic mass is 9.87. The van der Waals surface area contributed by atoms with Gasteiger partial charge in [0, 0.05) is 12.0 Å². The number of ketones is 1. The number of hydrogen-bond donors (Lipinski definition) is 0. The first kappa shape index (κ1) is 18.3. The average molecular weight is 345 g/mol. The molecule has 0 unspecified atom stereocenters. The average Bonchev–Trinajstić information content (AvgIpc) is 3.15. The van der Waals surface area contributed by atoms with Crippen molar-refractivity contribution in [2.45, 2.75) is 46.0 Å². The first-order valence-electron chi connectivity index (χ1n) is 9.56. The van der Waals surface area contributed by atoms with E-state index >= 15 is 0 Å². The molecule has 0 fully saturated rings. The van der Waals surface area contributed by atoms with Gasteiger partial charge in [-0.3, -0.25) is 9.79 Å². The minimum absolute atomic E-state index is 0.185. The molecule has 0 atom stereocenters. The van der Waals surface area contributed by atoms with Crippen LogP contribution in [0.25, 0.3) is 6.08 Å². The minimum Gasteiger partial charge on any atom is -0.294 e. The van der Waals surface area contributed by atoms with E-state index in [1.165, 1.54) is 35.1 Å². The zero-order valence-electron chi connectivity index (χ0n) is 15.8. The fourth-order valence-electron chi connectivity index (χ4n) is 3.45. The van der Waals surface area contributed by atoms with Crippen LogP contribution in [0, 0.1) is 0 Å². The molecule has 0 saturated heterocycles. The molecular weight excluding hydrogens is 318 g/mol. The third-order valence-corrected chi connectivity index (χ3v) is 5.11. The molecule has 26 heavy (non-hydrogen) atoms. The third-order valence-electron chi connectivity index (χ3n) is 5.11. The molecule has 1 aliphatic heterocycles. The molecular formula is C24H27NO. The molecule has 0 N–H and O–H groups in total. The van der Waals surface area contributed by atoms with Gasteiger partial charge in [0.15, 0.2) is 5.78 Å². The Morgan fingerprint density at radius 3 is 2.69 bits per heavy atom. The number of Topliss-reactive ketones (excluding diaryl/α,β-unsaturated/α-hetero) is 1. The Morgan fingerprint density at radius 2 is 1.92 bits per heavy atom. The molecule has 4 rings (SSSR count). The van der Waals surface area contributed by atoms with Gasteiger partial charge in [0.2, 0.25) is 0 Å². The molecule has 1 aliphatic carbocycles. The highest BCUT2D eigenvalue weighted by atomic mass is 16.1. The topological polar surface area (TPSA) is 29.4 Å². The van der Waals surface area contributed by atoms with E-state index in [0.29, 0.717) is 6.42 Å². The SMILES string of the molecule is C=C1CCc2ccc(CC)cc2C1.CCC(=O)c1ccc2c(c1)=NCC=2. The summed E-state index contributed by atoms with van der Waals surface area (Å²) in [5.41, 5.74) is 6.66. The van der Waals surface area contributed by atoms with Crippen molar-refractivity contribution in [3.63, 3.8) is 0 Å². The van der Waals surface area contributed by atoms with Crippen molar-refractivity contribution in [2.24, 2.45) is 4.99 Å². The lowest BCUT2D eigenvalue weighted by molar-refractivity contribution is 0.0988. The highest BCUT2D eigenvalue weighted by molar-refractivity contribution is 5.95. The van der Waals surface area contributed by atoms with Gasteiger partial charge >= 0.3 is 0 Å². The zero-order chi connectivity index (χ0) is 18.5. The van der Waals surface area contributed by atoms with Crippen molar-refractivity contribution in [2.75, 3.05) is 6.54 Å². The fourth-order valence-corrected chi connectivity index (χ4v) is 3.45. The van der Waals surface area contributed by atoms with Crippen molar-refractivity contribution < 1.29 is 4.79 Å². The van der Waals surface area contributed by atoms with Crippen LogP contribution in [0.1, 0.15) is 53.7 Å². The summed E-state index contributed by atoms with van der Waals surface area (Å²) in [4.78, 5) is 15.6. The second-order valence-corrected chi connectivity index (χ2v) is 6.98. The van der Waals surface area contributed by atoms with Crippen LogP contribution in [0.15, 0.2) is 53.5 Å². The Labute approximate surface area is 156 Å². The Balaban J connectivity index is 0.000000151. The molecule has 1 heterocycles. The first-order chi connectivity index (χ1) is 12.6. The molecule has 0 aromatic heterocycles. The second kappa shape index (κ2) is 8.27. The van der Waals surface area contributed by atoms with Crippen LogP contribution in [0.3, 0.4) is 0 Å². The summed E-state index contributed by atoms with van der Waals surface area (Å²) in [5, 5.41) is 2.10. The zero-order valence-corrected chi connectivity index (χ0v) is 15.8. The highest BCUT2D eigenvalue weighted by Gasteiger charge is 2.11. The molecule has 134 valence electrons. The number of carbonyl (C=O) groups is 1. The van der Waals surface area contributed by atoms with Crippen molar-refractivity contribution in [3.8, 4) is 0 Å². The van der Waals surface area contributed by atoms with Gasteiger partial charge in [-0.1, -0.05) is 62.4 Å². The molecule has 2 aromatic rings. The summed E-state index contributed by atoms with van der Waals surface area (Å²) in [5.74, 6) is 0.185. The van der Waals surface area contributed by atoms with Crippen LogP contribution in [0.2, 0.25) is 0 Å². The van der Waals surface area contributed by atoms with Crippen LogP contribution in [0.5, 0.6) is 0 Å². The van der Waals surface area contributed by atoms with Gasteiger partial charge in [-0.05, 0) is 53.7 Å². The van der Waals surface area contributed by atoms with Gasteiger partial charge in [-0.25, -0.2) is 0 Å². The lowest BCUT2D eigenvalue weighted by Gasteiger charge is -2.18. The number of fused-ring (bicyclic) bond motifs is 2. The molecule has 2 heteroatoms. The van der Waals surface area contributed by atoms with Crippen molar-refractivity contribution >= 4 is 11.9 Å². The number of benzene rings is 2. The van der Waals surface area contributed by atoms with Crippen molar-refractivity contribution in [3.05, 3.63) is 81.4 Å². The minimum atomic E-state index is 0.185. The molecule has 0 saturated carbocycles. The Morgan fingerprint density at radius 1 is 1.08 bits per heavy atom. The number of aryl methyl sites for hydroxylation is 2. The van der Waals surface area contributed by atoms with Gasteiger partial charge in [0.1, 0.15) is 0 Å². The van der Waals surface area contributed by atoms with Gasteiger partial charge in [-0.2, -0.15) is 0 Å². The predicted molar refractivity (Wildman–Crippen MR) is 108 cm³/mol. The summed E-state index contributed by atoms with van der Waals surface area (Å²) in [6.45, 7) is 8.90. The summed E-state index contributed by atoms with van der Waals surface area (Å²) < 4.78 is 0. The van der Waals surface area contributed by atoms with E-state index in [-0.39, 0.29) is 5.78 Å². The fraction of sp³-hybridized carbons (Fsp3) is 0.333. The molecule has 0 radical (unpaired) electrons. The smallest absolute Gasteiger partial charge is 0.162 e.